The monoisotopic (exact) mass is 673 g/mol. The second kappa shape index (κ2) is 14.6. The Morgan fingerprint density at radius 1 is 1.02 bits per heavy atom. The molecule has 0 bridgehead atoms. The zero-order valence-corrected chi connectivity index (χ0v) is 27.8. The Hall–Kier alpha value is -4.09. The molecule has 1 fully saturated rings. The molecule has 4 aromatic rings. The number of carbonyl (C=O) groups is 1. The SMILES string of the molecule is Cc1cccc(F)c1Cn1c2c(c(=O)n(C[C@@H](NCCCC(N)=O)c3ccccc3)c1=O)C1(CCN(Cc3cccc(Cl)c3)CC1)OC2. The van der Waals surface area contributed by atoms with Gasteiger partial charge in [-0.1, -0.05) is 66.2 Å². The molecule has 252 valence electrons. The molecule has 48 heavy (non-hydrogen) atoms. The van der Waals surface area contributed by atoms with Crippen LogP contribution in [-0.4, -0.2) is 39.6 Å². The molecule has 2 aliphatic rings. The summed E-state index contributed by atoms with van der Waals surface area (Å²) < 4.78 is 24.5. The van der Waals surface area contributed by atoms with E-state index in [9.17, 15) is 14.4 Å². The van der Waals surface area contributed by atoms with E-state index in [0.717, 1.165) is 23.2 Å². The van der Waals surface area contributed by atoms with Crippen molar-refractivity contribution in [2.24, 2.45) is 5.73 Å². The fourth-order valence-electron chi connectivity index (χ4n) is 7.03. The van der Waals surface area contributed by atoms with Gasteiger partial charge < -0.3 is 15.8 Å². The molecule has 1 aromatic heterocycles. The smallest absolute Gasteiger partial charge is 0.331 e. The van der Waals surface area contributed by atoms with Gasteiger partial charge in [0.15, 0.2) is 0 Å². The van der Waals surface area contributed by atoms with E-state index < -0.39 is 29.1 Å². The molecule has 0 unspecified atom stereocenters. The summed E-state index contributed by atoms with van der Waals surface area (Å²) in [6, 6.07) is 21.8. The van der Waals surface area contributed by atoms with Gasteiger partial charge in [-0.3, -0.25) is 23.6 Å². The maximum atomic E-state index is 15.2. The minimum Gasteiger partial charge on any atom is -0.370 e. The third-order valence-corrected chi connectivity index (χ3v) is 9.90. The molecule has 0 radical (unpaired) electrons. The van der Waals surface area contributed by atoms with Crippen LogP contribution in [0, 0.1) is 12.7 Å². The summed E-state index contributed by atoms with van der Waals surface area (Å²) >= 11 is 6.23. The number of primary amides is 1. The van der Waals surface area contributed by atoms with Crippen molar-refractivity contribution in [2.45, 2.75) is 70.5 Å². The van der Waals surface area contributed by atoms with Gasteiger partial charge in [-0.15, -0.1) is 0 Å². The predicted octanol–water partition coefficient (Wildman–Crippen LogP) is 4.78. The van der Waals surface area contributed by atoms with Gasteiger partial charge in [-0.05, 0) is 67.6 Å². The van der Waals surface area contributed by atoms with Gasteiger partial charge in [0, 0.05) is 36.6 Å². The third-order valence-electron chi connectivity index (χ3n) is 9.66. The number of carbonyl (C=O) groups excluding carboxylic acids is 1. The summed E-state index contributed by atoms with van der Waals surface area (Å²) in [6.07, 6.45) is 1.87. The summed E-state index contributed by atoms with van der Waals surface area (Å²) in [5.74, 6) is -0.798. The normalized spacial score (nSPS) is 16.2. The number of aromatic nitrogens is 2. The van der Waals surface area contributed by atoms with E-state index >= 15 is 4.39 Å². The first kappa shape index (κ1) is 33.8. The summed E-state index contributed by atoms with van der Waals surface area (Å²) in [4.78, 5) is 42.6. The van der Waals surface area contributed by atoms with Crippen LogP contribution in [0.1, 0.15) is 65.2 Å². The molecule has 3 heterocycles. The van der Waals surface area contributed by atoms with Gasteiger partial charge in [0.2, 0.25) is 5.91 Å². The molecule has 1 amide bonds. The van der Waals surface area contributed by atoms with E-state index in [4.69, 9.17) is 22.1 Å². The van der Waals surface area contributed by atoms with Gasteiger partial charge in [-0.25, -0.2) is 9.18 Å². The van der Waals surface area contributed by atoms with Crippen molar-refractivity contribution >= 4 is 17.5 Å². The van der Waals surface area contributed by atoms with Crippen LogP contribution in [0.25, 0.3) is 0 Å². The zero-order valence-electron chi connectivity index (χ0n) is 27.1. The number of benzene rings is 3. The predicted molar refractivity (Wildman–Crippen MR) is 183 cm³/mol. The van der Waals surface area contributed by atoms with Crippen LogP contribution in [0.3, 0.4) is 0 Å². The number of ether oxygens (including phenoxy) is 1. The number of fused-ring (bicyclic) bond motifs is 2. The number of hydrogen-bond acceptors (Lipinski definition) is 6. The van der Waals surface area contributed by atoms with Crippen molar-refractivity contribution < 1.29 is 13.9 Å². The number of nitrogens with two attached hydrogens (primary N) is 1. The fourth-order valence-corrected chi connectivity index (χ4v) is 7.24. The van der Waals surface area contributed by atoms with Crippen LogP contribution < -0.4 is 22.3 Å². The Labute approximate surface area is 284 Å². The molecular weight excluding hydrogens is 633 g/mol. The molecule has 9 nitrogen and oxygen atoms in total. The van der Waals surface area contributed by atoms with Gasteiger partial charge in [0.25, 0.3) is 5.56 Å². The lowest BCUT2D eigenvalue weighted by Gasteiger charge is -2.39. The molecule has 3 aromatic carbocycles. The number of aryl methyl sites for hydroxylation is 1. The Bertz CT molecular complexity index is 1880. The number of nitrogens with zero attached hydrogens (tertiary/aromatic N) is 3. The number of nitrogens with one attached hydrogen (secondary N) is 1. The molecule has 2 aliphatic heterocycles. The topological polar surface area (TPSA) is 112 Å². The first-order chi connectivity index (χ1) is 23.1. The molecule has 3 N–H and O–H groups in total. The van der Waals surface area contributed by atoms with Crippen LogP contribution in [0.4, 0.5) is 4.39 Å². The summed E-state index contributed by atoms with van der Waals surface area (Å²) in [5.41, 5.74) is 7.71. The Kier molecular flexibility index (Phi) is 10.3. The summed E-state index contributed by atoms with van der Waals surface area (Å²) in [6.45, 7) is 4.47. The zero-order chi connectivity index (χ0) is 33.8. The molecule has 1 spiro atoms. The summed E-state index contributed by atoms with van der Waals surface area (Å²) in [5, 5.41) is 4.12. The highest BCUT2D eigenvalue weighted by atomic mass is 35.5. The maximum Gasteiger partial charge on any atom is 0.331 e. The van der Waals surface area contributed by atoms with Crippen molar-refractivity contribution in [3.8, 4) is 0 Å². The van der Waals surface area contributed by atoms with E-state index in [1.165, 1.54) is 15.2 Å². The molecule has 0 aliphatic carbocycles. The van der Waals surface area contributed by atoms with Gasteiger partial charge in [0.1, 0.15) is 11.4 Å². The number of rotatable bonds is 12. The third kappa shape index (κ3) is 7.17. The first-order valence-electron chi connectivity index (χ1n) is 16.4. The van der Waals surface area contributed by atoms with E-state index in [0.29, 0.717) is 60.7 Å². The number of likely N-dealkylation sites (tertiary alicyclic amines) is 1. The summed E-state index contributed by atoms with van der Waals surface area (Å²) in [7, 11) is 0. The van der Waals surface area contributed by atoms with Crippen molar-refractivity contribution in [1.29, 1.82) is 0 Å². The second-order valence-electron chi connectivity index (χ2n) is 12.8. The van der Waals surface area contributed by atoms with Crippen molar-refractivity contribution in [3.63, 3.8) is 0 Å². The largest absolute Gasteiger partial charge is 0.370 e. The van der Waals surface area contributed by atoms with Crippen molar-refractivity contribution in [1.82, 2.24) is 19.4 Å². The van der Waals surface area contributed by atoms with Crippen LogP contribution in [-0.2, 0) is 41.4 Å². The lowest BCUT2D eigenvalue weighted by atomic mass is 9.85. The Morgan fingerprint density at radius 2 is 1.77 bits per heavy atom. The van der Waals surface area contributed by atoms with Gasteiger partial charge in [0.05, 0.1) is 37.0 Å². The van der Waals surface area contributed by atoms with Crippen LogP contribution in [0.5, 0.6) is 0 Å². The fraction of sp³-hybridized carbons (Fsp3) is 0.378. The highest BCUT2D eigenvalue weighted by Gasteiger charge is 2.47. The molecule has 1 saturated heterocycles. The highest BCUT2D eigenvalue weighted by molar-refractivity contribution is 6.30. The maximum absolute atomic E-state index is 15.2. The van der Waals surface area contributed by atoms with Crippen LogP contribution >= 0.6 is 11.6 Å². The average Bonchev–Trinajstić information content (AvgIpc) is 3.43. The number of hydrogen-bond donors (Lipinski definition) is 2. The Morgan fingerprint density at radius 3 is 2.48 bits per heavy atom. The standard InChI is InChI=1S/C37H41ClFN5O4/c1-25-8-5-13-30(39)29(25)22-43-32-24-48-37(15-18-42(19-16-37)21-26-9-6-12-28(38)20-26)34(32)35(46)44(36(43)47)23-31(27-10-3-2-4-11-27)41-17-7-14-33(40)45/h2-6,8-13,20,31,41H,7,14-19,21-24H2,1H3,(H2,40,45)/t31-/m1/s1. The number of amides is 1. The molecular formula is C37H41ClFN5O4. The number of halogens is 2. The minimum atomic E-state index is -0.865. The molecule has 1 atom stereocenters. The van der Waals surface area contributed by atoms with E-state index in [1.807, 2.05) is 67.6 Å². The van der Waals surface area contributed by atoms with Gasteiger partial charge >= 0.3 is 5.69 Å². The number of piperidine rings is 1. The van der Waals surface area contributed by atoms with E-state index in [2.05, 4.69) is 10.2 Å². The minimum absolute atomic E-state index is 0.0255. The van der Waals surface area contributed by atoms with Crippen molar-refractivity contribution in [3.05, 3.63) is 138 Å². The van der Waals surface area contributed by atoms with Crippen LogP contribution in [0.2, 0.25) is 5.02 Å². The van der Waals surface area contributed by atoms with Crippen molar-refractivity contribution in [2.75, 3.05) is 19.6 Å². The quantitative estimate of drug-likeness (QED) is 0.210. The average molecular weight is 674 g/mol. The highest BCUT2D eigenvalue weighted by Crippen LogP contribution is 2.42. The first-order valence-corrected chi connectivity index (χ1v) is 16.8. The molecule has 6 rings (SSSR count). The van der Waals surface area contributed by atoms with Crippen LogP contribution in [0.15, 0.2) is 82.4 Å². The van der Waals surface area contributed by atoms with E-state index in [1.54, 1.807) is 6.07 Å². The van der Waals surface area contributed by atoms with Gasteiger partial charge in [-0.2, -0.15) is 0 Å². The van der Waals surface area contributed by atoms with E-state index in [-0.39, 0.29) is 31.7 Å². The second-order valence-corrected chi connectivity index (χ2v) is 13.3. The Balaban J connectivity index is 1.38. The molecule has 0 saturated carbocycles. The lowest BCUT2D eigenvalue weighted by molar-refractivity contribution is -0.118. The lowest BCUT2D eigenvalue weighted by Crippen LogP contribution is -2.50. The molecule has 11 heteroatoms.